The van der Waals surface area contributed by atoms with E-state index in [1.54, 1.807) is 34.9 Å². The van der Waals surface area contributed by atoms with E-state index in [1.165, 1.54) is 6.07 Å². The zero-order chi connectivity index (χ0) is 20.9. The van der Waals surface area contributed by atoms with Crippen LogP contribution in [-0.4, -0.2) is 24.2 Å². The number of hydrogen-bond donors (Lipinski definition) is 0. The molecule has 0 radical (unpaired) electrons. The molecule has 0 spiro atoms. The largest absolute Gasteiger partial charge is 0.452 e. The van der Waals surface area contributed by atoms with Crippen LogP contribution < -0.4 is 4.90 Å². The van der Waals surface area contributed by atoms with Gasteiger partial charge in [-0.15, -0.1) is 11.8 Å². The van der Waals surface area contributed by atoms with Gasteiger partial charge in [-0.2, -0.15) is 5.26 Å². The second kappa shape index (κ2) is 8.85. The Labute approximate surface area is 178 Å². The molecule has 1 heterocycles. The van der Waals surface area contributed by atoms with Crippen LogP contribution in [-0.2, 0) is 9.53 Å². The fraction of sp³-hybridized carbons (Fsp3) is 0.125. The highest BCUT2D eigenvalue weighted by Gasteiger charge is 2.32. The van der Waals surface area contributed by atoms with E-state index in [9.17, 15) is 9.59 Å². The zero-order valence-electron chi connectivity index (χ0n) is 16.0. The van der Waals surface area contributed by atoms with Gasteiger partial charge < -0.3 is 4.74 Å². The summed E-state index contributed by atoms with van der Waals surface area (Å²) < 4.78 is 5.30. The van der Waals surface area contributed by atoms with Gasteiger partial charge >= 0.3 is 5.97 Å². The summed E-state index contributed by atoms with van der Waals surface area (Å²) in [6.45, 7) is -0.377. The minimum atomic E-state index is -0.628. The molecule has 0 N–H and O–H groups in total. The maximum absolute atomic E-state index is 13.2. The Balaban J connectivity index is 1.56. The van der Waals surface area contributed by atoms with Crippen molar-refractivity contribution < 1.29 is 14.3 Å². The van der Waals surface area contributed by atoms with Gasteiger partial charge in [0.05, 0.1) is 28.9 Å². The molecule has 3 aromatic carbocycles. The molecule has 148 valence electrons. The third-order valence-electron chi connectivity index (χ3n) is 4.84. The molecule has 0 bridgehead atoms. The number of benzene rings is 3. The van der Waals surface area contributed by atoms with Crippen LogP contribution >= 0.6 is 11.8 Å². The average molecular weight is 414 g/mol. The van der Waals surface area contributed by atoms with Crippen LogP contribution in [0.4, 0.5) is 5.69 Å². The van der Waals surface area contributed by atoms with Crippen LogP contribution in [0, 0.1) is 11.3 Å². The average Bonchev–Trinajstić information content (AvgIpc) is 2.82. The number of anilines is 1. The molecule has 0 saturated heterocycles. The SMILES string of the molecule is N#Cc1cccc(C(=O)OCC(=O)N2c3ccccc3SC[C@H]2c2ccccc2)c1. The van der Waals surface area contributed by atoms with Gasteiger partial charge in [0.2, 0.25) is 0 Å². The van der Waals surface area contributed by atoms with E-state index >= 15 is 0 Å². The van der Waals surface area contributed by atoms with Gasteiger partial charge in [-0.3, -0.25) is 9.69 Å². The number of nitriles is 1. The Morgan fingerprint density at radius 1 is 1.03 bits per heavy atom. The molecule has 1 aliphatic heterocycles. The summed E-state index contributed by atoms with van der Waals surface area (Å²) in [5, 5.41) is 9.00. The Morgan fingerprint density at radius 2 is 1.80 bits per heavy atom. The van der Waals surface area contributed by atoms with Crippen molar-refractivity contribution in [1.29, 1.82) is 5.26 Å². The lowest BCUT2D eigenvalue weighted by Crippen LogP contribution is -2.41. The molecule has 30 heavy (non-hydrogen) atoms. The first-order valence-corrected chi connectivity index (χ1v) is 10.4. The van der Waals surface area contributed by atoms with Crippen LogP contribution in [0.25, 0.3) is 0 Å². The predicted octanol–water partition coefficient (Wildman–Crippen LogP) is 4.60. The smallest absolute Gasteiger partial charge is 0.338 e. The predicted molar refractivity (Wildman–Crippen MR) is 115 cm³/mol. The standard InChI is InChI=1S/C24H18N2O3S/c25-14-17-7-6-10-19(13-17)24(28)29-15-23(27)26-20-11-4-5-12-22(20)30-16-21(26)18-8-2-1-3-9-18/h1-13,21H,15-16H2/t21-/m0/s1. The molecule has 0 unspecified atom stereocenters. The lowest BCUT2D eigenvalue weighted by Gasteiger charge is -2.37. The molecule has 3 aromatic rings. The van der Waals surface area contributed by atoms with Gasteiger partial charge in [0.1, 0.15) is 0 Å². The molecular formula is C24H18N2O3S. The Morgan fingerprint density at radius 3 is 2.60 bits per heavy atom. The quantitative estimate of drug-likeness (QED) is 0.584. The number of esters is 1. The fourth-order valence-electron chi connectivity index (χ4n) is 3.41. The third-order valence-corrected chi connectivity index (χ3v) is 5.98. The first-order valence-electron chi connectivity index (χ1n) is 9.43. The van der Waals surface area contributed by atoms with Crippen molar-refractivity contribution in [2.75, 3.05) is 17.3 Å². The fourth-order valence-corrected chi connectivity index (χ4v) is 4.58. The number of carbonyl (C=O) groups is 2. The van der Waals surface area contributed by atoms with Crippen LogP contribution in [0.3, 0.4) is 0 Å². The summed E-state index contributed by atoms with van der Waals surface area (Å²) in [7, 11) is 0. The summed E-state index contributed by atoms with van der Waals surface area (Å²) >= 11 is 1.71. The topological polar surface area (TPSA) is 70.4 Å². The number of amides is 1. The lowest BCUT2D eigenvalue weighted by molar-refractivity contribution is -0.122. The molecule has 4 rings (SSSR count). The van der Waals surface area contributed by atoms with Crippen molar-refractivity contribution in [2.45, 2.75) is 10.9 Å². The van der Waals surface area contributed by atoms with Gasteiger partial charge in [0.25, 0.3) is 5.91 Å². The second-order valence-corrected chi connectivity index (χ2v) is 7.80. The summed E-state index contributed by atoms with van der Waals surface area (Å²) in [4.78, 5) is 28.3. The molecule has 0 aromatic heterocycles. The highest BCUT2D eigenvalue weighted by atomic mass is 32.2. The van der Waals surface area contributed by atoms with E-state index in [2.05, 4.69) is 0 Å². The summed E-state index contributed by atoms with van der Waals surface area (Å²) in [5.41, 5.74) is 2.45. The Kier molecular flexibility index (Phi) is 5.82. The van der Waals surface area contributed by atoms with E-state index in [0.29, 0.717) is 11.3 Å². The van der Waals surface area contributed by atoms with Crippen molar-refractivity contribution in [3.8, 4) is 6.07 Å². The number of carbonyl (C=O) groups excluding carboxylic acids is 2. The lowest BCUT2D eigenvalue weighted by atomic mass is 10.1. The zero-order valence-corrected chi connectivity index (χ0v) is 16.8. The summed E-state index contributed by atoms with van der Waals surface area (Å²) in [6, 6.07) is 25.6. The number of fused-ring (bicyclic) bond motifs is 1. The van der Waals surface area contributed by atoms with Gasteiger partial charge in [-0.1, -0.05) is 48.5 Å². The van der Waals surface area contributed by atoms with E-state index in [1.807, 2.05) is 60.7 Å². The van der Waals surface area contributed by atoms with E-state index in [4.69, 9.17) is 10.00 Å². The van der Waals surface area contributed by atoms with Crippen LogP contribution in [0.1, 0.15) is 27.5 Å². The Bertz CT molecular complexity index is 1120. The molecule has 6 heteroatoms. The maximum Gasteiger partial charge on any atom is 0.338 e. The van der Waals surface area contributed by atoms with Crippen molar-refractivity contribution in [3.05, 3.63) is 95.6 Å². The molecule has 0 aliphatic carbocycles. The van der Waals surface area contributed by atoms with Crippen molar-refractivity contribution >= 4 is 29.3 Å². The molecule has 5 nitrogen and oxygen atoms in total. The third kappa shape index (κ3) is 4.07. The monoisotopic (exact) mass is 414 g/mol. The molecule has 0 saturated carbocycles. The number of nitrogens with zero attached hydrogens (tertiary/aromatic N) is 2. The van der Waals surface area contributed by atoms with E-state index in [-0.39, 0.29) is 24.1 Å². The Hall–Kier alpha value is -3.56. The minimum Gasteiger partial charge on any atom is -0.452 e. The van der Waals surface area contributed by atoms with Crippen molar-refractivity contribution in [3.63, 3.8) is 0 Å². The van der Waals surface area contributed by atoms with Gasteiger partial charge in [0, 0.05) is 10.6 Å². The van der Waals surface area contributed by atoms with E-state index in [0.717, 1.165) is 16.1 Å². The highest BCUT2D eigenvalue weighted by Crippen LogP contribution is 2.43. The van der Waals surface area contributed by atoms with Crippen LogP contribution in [0.15, 0.2) is 83.8 Å². The molecule has 1 amide bonds. The molecular weight excluding hydrogens is 396 g/mol. The maximum atomic E-state index is 13.2. The van der Waals surface area contributed by atoms with Gasteiger partial charge in [-0.25, -0.2) is 4.79 Å². The summed E-state index contributed by atoms with van der Waals surface area (Å²) in [5.74, 6) is -0.206. The van der Waals surface area contributed by atoms with Crippen molar-refractivity contribution in [1.82, 2.24) is 0 Å². The van der Waals surface area contributed by atoms with Gasteiger partial charge in [0.15, 0.2) is 6.61 Å². The summed E-state index contributed by atoms with van der Waals surface area (Å²) in [6.07, 6.45) is 0. The first-order chi connectivity index (χ1) is 14.7. The number of hydrogen-bond acceptors (Lipinski definition) is 5. The normalized spacial score (nSPS) is 15.0. The van der Waals surface area contributed by atoms with Crippen molar-refractivity contribution in [2.24, 2.45) is 0 Å². The molecule has 0 fully saturated rings. The number of thioether (sulfide) groups is 1. The number of ether oxygens (including phenoxy) is 1. The highest BCUT2D eigenvalue weighted by molar-refractivity contribution is 7.99. The van der Waals surface area contributed by atoms with Gasteiger partial charge in [-0.05, 0) is 35.9 Å². The first kappa shape index (κ1) is 19.7. The second-order valence-electron chi connectivity index (χ2n) is 6.74. The van der Waals surface area contributed by atoms with Crippen LogP contribution in [0.5, 0.6) is 0 Å². The molecule has 1 aliphatic rings. The molecule has 1 atom stereocenters. The minimum absolute atomic E-state index is 0.154. The number of rotatable bonds is 4. The van der Waals surface area contributed by atoms with E-state index < -0.39 is 5.97 Å². The number of para-hydroxylation sites is 1. The van der Waals surface area contributed by atoms with Crippen LogP contribution in [0.2, 0.25) is 0 Å².